The summed E-state index contributed by atoms with van der Waals surface area (Å²) in [7, 11) is 0. The highest BCUT2D eigenvalue weighted by Gasteiger charge is 2.24. The van der Waals surface area contributed by atoms with Gasteiger partial charge < -0.3 is 14.9 Å². The van der Waals surface area contributed by atoms with E-state index in [0.29, 0.717) is 0 Å². The molecule has 0 amide bonds. The van der Waals surface area contributed by atoms with E-state index in [1.807, 2.05) is 0 Å². The second-order valence-electron chi connectivity index (χ2n) is 1.71. The quantitative estimate of drug-likeness (QED) is 0.511. The molecule has 11 heavy (non-hydrogen) atoms. The fourth-order valence-corrected chi connectivity index (χ4v) is 0.471. The van der Waals surface area contributed by atoms with E-state index in [4.69, 9.17) is 15.0 Å². The summed E-state index contributed by atoms with van der Waals surface area (Å²) in [6.45, 7) is 0.250. The maximum atomic E-state index is 11.8. The van der Waals surface area contributed by atoms with Crippen molar-refractivity contribution in [3.8, 4) is 0 Å². The Kier molecular flexibility index (Phi) is 3.94. The average Bonchev–Trinajstić information content (AvgIpc) is 2.15. The predicted molar refractivity (Wildman–Crippen MR) is 31.1 cm³/mol. The van der Waals surface area contributed by atoms with Gasteiger partial charge in [0.1, 0.15) is 0 Å². The van der Waals surface area contributed by atoms with Crippen molar-refractivity contribution in [3.05, 3.63) is 0 Å². The number of hydrogen-bond donors (Lipinski definition) is 2. The summed E-state index contributed by atoms with van der Waals surface area (Å²) in [5.74, 6) is -0.708. The minimum absolute atomic E-state index is 0.235. The number of alkyl halides is 1. The molecule has 6 heteroatoms. The smallest absolute Gasteiger partial charge is 0.463 e. The summed E-state index contributed by atoms with van der Waals surface area (Å²) in [4.78, 5) is 18.5. The van der Waals surface area contributed by atoms with Crippen LogP contribution in [0.1, 0.15) is 6.42 Å². The molecule has 1 aliphatic rings. The summed E-state index contributed by atoms with van der Waals surface area (Å²) >= 11 is 0. The van der Waals surface area contributed by atoms with Gasteiger partial charge in [0.25, 0.3) is 0 Å². The van der Waals surface area contributed by atoms with Crippen molar-refractivity contribution in [3.63, 3.8) is 0 Å². The highest BCUT2D eigenvalue weighted by Crippen LogP contribution is 2.08. The first-order valence-corrected chi connectivity index (χ1v) is 2.76. The summed E-state index contributed by atoms with van der Waals surface area (Å²) in [5.41, 5.74) is 0. The van der Waals surface area contributed by atoms with Crippen molar-refractivity contribution in [1.82, 2.24) is 0 Å². The predicted octanol–water partition coefficient (Wildman–Crippen LogP) is 0.494. The van der Waals surface area contributed by atoms with E-state index in [-0.39, 0.29) is 13.0 Å². The number of hydrogen-bond acceptors (Lipinski definition) is 3. The molecule has 0 saturated carbocycles. The van der Waals surface area contributed by atoms with Gasteiger partial charge in [0.15, 0.2) is 0 Å². The van der Waals surface area contributed by atoms with Gasteiger partial charge in [-0.15, -0.1) is 0 Å². The fraction of sp³-hybridized carbons (Fsp3) is 0.600. The van der Waals surface area contributed by atoms with Crippen molar-refractivity contribution >= 4 is 12.1 Å². The van der Waals surface area contributed by atoms with Crippen LogP contribution < -0.4 is 0 Å². The number of esters is 1. The van der Waals surface area contributed by atoms with Gasteiger partial charge >= 0.3 is 12.1 Å². The third-order valence-electron chi connectivity index (χ3n) is 0.871. The average molecular weight is 166 g/mol. The van der Waals surface area contributed by atoms with Crippen molar-refractivity contribution in [2.24, 2.45) is 0 Å². The lowest BCUT2D eigenvalue weighted by Gasteiger charge is -1.85. The summed E-state index contributed by atoms with van der Waals surface area (Å²) in [6, 6.07) is 0. The molecule has 0 bridgehead atoms. The van der Waals surface area contributed by atoms with Gasteiger partial charge in [-0.2, -0.15) is 0 Å². The molecule has 2 N–H and O–H groups in total. The minimum Gasteiger partial charge on any atom is -0.463 e. The van der Waals surface area contributed by atoms with E-state index in [2.05, 4.69) is 4.74 Å². The Labute approximate surface area is 61.4 Å². The van der Waals surface area contributed by atoms with Gasteiger partial charge in [-0.1, -0.05) is 0 Å². The Morgan fingerprint density at radius 1 is 1.64 bits per heavy atom. The maximum absolute atomic E-state index is 11.8. The molecule has 1 saturated heterocycles. The summed E-state index contributed by atoms with van der Waals surface area (Å²) in [6.07, 6.45) is -2.95. The fourth-order valence-electron chi connectivity index (χ4n) is 0.471. The molecule has 0 spiro atoms. The highest BCUT2D eigenvalue weighted by molar-refractivity contribution is 5.76. The normalized spacial score (nSPS) is 21.5. The highest BCUT2D eigenvalue weighted by atomic mass is 19.1. The van der Waals surface area contributed by atoms with Crippen molar-refractivity contribution in [2.75, 3.05) is 6.61 Å². The SMILES string of the molecule is O=C(O)O.O=C1OCCC1F. The monoisotopic (exact) mass is 166 g/mol. The summed E-state index contributed by atoms with van der Waals surface area (Å²) in [5, 5.41) is 13.9. The molecule has 5 nitrogen and oxygen atoms in total. The maximum Gasteiger partial charge on any atom is 0.503 e. The van der Waals surface area contributed by atoms with E-state index in [1.54, 1.807) is 0 Å². The van der Waals surface area contributed by atoms with Crippen LogP contribution >= 0.6 is 0 Å². The van der Waals surface area contributed by atoms with Gasteiger partial charge in [0, 0.05) is 6.42 Å². The van der Waals surface area contributed by atoms with Crippen LogP contribution in [0, 0.1) is 0 Å². The number of carbonyl (C=O) groups is 2. The molecule has 64 valence electrons. The molecule has 1 aliphatic heterocycles. The Morgan fingerprint density at radius 3 is 2.18 bits per heavy atom. The number of carboxylic acid groups (broad SMARTS) is 2. The van der Waals surface area contributed by atoms with E-state index in [1.165, 1.54) is 0 Å². The van der Waals surface area contributed by atoms with Crippen molar-refractivity contribution in [2.45, 2.75) is 12.6 Å². The molecule has 1 heterocycles. The number of cyclic esters (lactones) is 1. The van der Waals surface area contributed by atoms with Gasteiger partial charge in [-0.3, -0.25) is 0 Å². The third kappa shape index (κ3) is 5.13. The second-order valence-corrected chi connectivity index (χ2v) is 1.71. The lowest BCUT2D eigenvalue weighted by Crippen LogP contribution is -2.05. The number of ether oxygens (including phenoxy) is 1. The Morgan fingerprint density at radius 2 is 2.09 bits per heavy atom. The number of rotatable bonds is 0. The van der Waals surface area contributed by atoms with Gasteiger partial charge in [0.05, 0.1) is 6.61 Å². The van der Waals surface area contributed by atoms with E-state index in [9.17, 15) is 9.18 Å². The zero-order valence-electron chi connectivity index (χ0n) is 5.49. The topological polar surface area (TPSA) is 83.8 Å². The number of halogens is 1. The van der Waals surface area contributed by atoms with Crippen LogP contribution in [0.3, 0.4) is 0 Å². The van der Waals surface area contributed by atoms with Crippen molar-refractivity contribution in [1.29, 1.82) is 0 Å². The Bertz CT molecular complexity index is 153. The van der Waals surface area contributed by atoms with Crippen LogP contribution in [-0.4, -0.2) is 35.1 Å². The lowest BCUT2D eigenvalue weighted by molar-refractivity contribution is -0.141. The molecule has 0 radical (unpaired) electrons. The molecular weight excluding hydrogens is 159 g/mol. The van der Waals surface area contributed by atoms with Crippen LogP contribution in [0.4, 0.5) is 9.18 Å². The Hall–Kier alpha value is -1.33. The lowest BCUT2D eigenvalue weighted by atomic mass is 10.3. The second kappa shape index (κ2) is 4.48. The molecule has 0 aromatic carbocycles. The number of carbonyl (C=O) groups excluding carboxylic acids is 1. The molecule has 0 aliphatic carbocycles. The molecule has 0 aromatic rings. The molecular formula is C5H7FO5. The van der Waals surface area contributed by atoms with E-state index >= 15 is 0 Å². The minimum atomic E-state index is -1.83. The van der Waals surface area contributed by atoms with Crippen molar-refractivity contribution < 1.29 is 28.9 Å². The van der Waals surface area contributed by atoms with Gasteiger partial charge in [0.2, 0.25) is 6.17 Å². The molecule has 0 aromatic heterocycles. The first kappa shape index (κ1) is 9.67. The molecule has 1 rings (SSSR count). The molecule has 1 atom stereocenters. The summed E-state index contributed by atoms with van der Waals surface area (Å²) < 4.78 is 16.1. The van der Waals surface area contributed by atoms with Gasteiger partial charge in [-0.05, 0) is 0 Å². The van der Waals surface area contributed by atoms with Crippen LogP contribution in [0.5, 0.6) is 0 Å². The standard InChI is InChI=1S/C4H5FO2.CH2O3/c5-3-1-2-7-4(3)6;2-1(3)4/h3H,1-2H2;(H2,2,3,4). The third-order valence-corrected chi connectivity index (χ3v) is 0.871. The molecule has 1 unspecified atom stereocenters. The molecule has 1 fully saturated rings. The van der Waals surface area contributed by atoms with Crippen LogP contribution in [0.2, 0.25) is 0 Å². The zero-order valence-corrected chi connectivity index (χ0v) is 5.49. The Balaban J connectivity index is 0.000000218. The van der Waals surface area contributed by atoms with E-state index < -0.39 is 18.3 Å². The van der Waals surface area contributed by atoms with Crippen LogP contribution in [0.25, 0.3) is 0 Å². The first-order valence-electron chi connectivity index (χ1n) is 2.76. The van der Waals surface area contributed by atoms with Crippen LogP contribution in [0.15, 0.2) is 0 Å². The van der Waals surface area contributed by atoms with E-state index in [0.717, 1.165) is 0 Å². The first-order chi connectivity index (χ1) is 5.04. The van der Waals surface area contributed by atoms with Gasteiger partial charge in [-0.25, -0.2) is 14.0 Å². The zero-order chi connectivity index (χ0) is 8.85. The largest absolute Gasteiger partial charge is 0.503 e. The van der Waals surface area contributed by atoms with Crippen LogP contribution in [-0.2, 0) is 9.53 Å².